The van der Waals surface area contributed by atoms with Crippen molar-refractivity contribution in [3.8, 4) is 44.9 Å². The summed E-state index contributed by atoms with van der Waals surface area (Å²) in [7, 11) is 0. The number of aromatic nitrogens is 3. The van der Waals surface area contributed by atoms with Crippen molar-refractivity contribution in [3.05, 3.63) is 232 Å². The van der Waals surface area contributed by atoms with Crippen molar-refractivity contribution in [1.29, 1.82) is 0 Å². The van der Waals surface area contributed by atoms with Crippen molar-refractivity contribution >= 4 is 21.9 Å². The number of pyridine rings is 3. The van der Waals surface area contributed by atoms with Crippen LogP contribution in [0.15, 0.2) is 156 Å². The minimum absolute atomic E-state index is 0. The summed E-state index contributed by atoms with van der Waals surface area (Å²) < 4.78 is 186. The van der Waals surface area contributed by atoms with Gasteiger partial charge in [0.25, 0.3) is 0 Å². The number of fused-ring (bicyclic) bond motifs is 5. The van der Waals surface area contributed by atoms with Gasteiger partial charge in [-0.3, -0.25) is 0 Å². The van der Waals surface area contributed by atoms with Crippen LogP contribution >= 0.6 is 0 Å². The largest absolute Gasteiger partial charge is 3.00 e. The van der Waals surface area contributed by atoms with E-state index in [4.69, 9.17) is 12.6 Å². The Morgan fingerprint density at radius 2 is 1.01 bits per heavy atom. The number of halogens is 1. The van der Waals surface area contributed by atoms with E-state index >= 15 is 4.39 Å². The molecule has 0 unspecified atom stereocenters. The van der Waals surface area contributed by atoms with Gasteiger partial charge in [-0.1, -0.05) is 121 Å². The number of benzene rings is 6. The summed E-state index contributed by atoms with van der Waals surface area (Å²) in [6.45, 7) is 0. The Bertz CT molecular complexity index is 4230. The van der Waals surface area contributed by atoms with Crippen molar-refractivity contribution in [2.75, 3.05) is 0 Å². The molecule has 0 spiro atoms. The zero-order valence-corrected chi connectivity index (χ0v) is 39.1. The Labute approximate surface area is 442 Å². The molecule has 6 heteroatoms. The summed E-state index contributed by atoms with van der Waals surface area (Å²) in [6, 6.07) is 28.2. The van der Waals surface area contributed by atoms with Crippen LogP contribution in [-0.2, 0) is 84.0 Å². The van der Waals surface area contributed by atoms with Gasteiger partial charge in [-0.05, 0) is 119 Å². The summed E-state index contributed by atoms with van der Waals surface area (Å²) >= 11 is 0. The number of hydrogen-bond donors (Lipinski definition) is 0. The topological polar surface area (TPSA) is 51.8 Å². The molecule has 0 aliphatic heterocycles. The minimum Gasteiger partial charge on any atom is -0.500 e. The number of rotatable bonds is 13. The molecule has 0 saturated carbocycles. The molecule has 10 aromatic rings. The Hall–Kier alpha value is -6.85. The van der Waals surface area contributed by atoms with E-state index in [1.807, 2.05) is 24.3 Å². The van der Waals surface area contributed by atoms with Crippen molar-refractivity contribution in [1.82, 2.24) is 15.0 Å². The molecule has 0 radical (unpaired) electrons. The van der Waals surface area contributed by atoms with Crippen molar-refractivity contribution in [2.45, 2.75) is 76.8 Å². The monoisotopic (exact) mass is 1090 g/mol. The van der Waals surface area contributed by atoms with E-state index in [1.165, 1.54) is 66.0 Å². The van der Waals surface area contributed by atoms with Crippen LogP contribution in [0.2, 0.25) is 0 Å². The second-order valence-electron chi connectivity index (χ2n) is 16.8. The second-order valence-corrected chi connectivity index (χ2v) is 16.8. The van der Waals surface area contributed by atoms with Gasteiger partial charge in [0.05, 0.1) is 19.4 Å². The molecule has 0 amide bonds. The summed E-state index contributed by atoms with van der Waals surface area (Å²) in [6.07, 6.45) is -9.60. The van der Waals surface area contributed by atoms with Crippen LogP contribution in [-0.4, -0.2) is 15.0 Å². The van der Waals surface area contributed by atoms with Crippen molar-refractivity contribution < 1.29 is 53.6 Å². The average Bonchev–Trinajstić information content (AvgIpc) is 1.72. The molecule has 0 saturated heterocycles. The Morgan fingerprint density at radius 3 is 1.54 bits per heavy atom. The van der Waals surface area contributed by atoms with Gasteiger partial charge in [0.2, 0.25) is 0 Å². The number of furan rings is 1. The first-order valence-electron chi connectivity index (χ1n) is 31.3. The zero-order valence-electron chi connectivity index (χ0n) is 54.7. The Morgan fingerprint density at radius 1 is 0.522 bits per heavy atom. The standard InChI is InChI=1S/C63H49FN3O.Ir/c64-57-29-28-55-54-13-6-14-56(62(54)68-63(55)61(57)49-7-2-1-3-8-49)60-32-23-43(40-67-60)17-20-46-34-44(18-15-41-21-30-58(65-38-41)52-26-24-47-9-4-11-50(47)36-52)33-45(35-46)19-16-42-22-31-59(66-39-42)53-27-25-48-10-5-12-51(48)37-53;/h1-3,6-8,13,21-25,28-40H,4-5,9-12,15-20H2;/q-3;+3/i1D,2D,3D,7D,8D,15D2,16D2,17D2,18D2,19D2,20D2,29D;. The number of hydrogen-bond acceptors (Lipinski definition) is 4. The molecule has 2 aliphatic carbocycles. The molecule has 0 atom stereocenters. The van der Waals surface area contributed by atoms with Crippen molar-refractivity contribution in [2.24, 2.45) is 0 Å². The maximum atomic E-state index is 16.1. The van der Waals surface area contributed by atoms with Crippen molar-refractivity contribution in [3.63, 3.8) is 0 Å². The van der Waals surface area contributed by atoms with E-state index < -0.39 is 108 Å². The first kappa shape index (κ1) is 28.6. The van der Waals surface area contributed by atoms with Gasteiger partial charge in [0.15, 0.2) is 0 Å². The van der Waals surface area contributed by atoms with E-state index in [0.29, 0.717) is 27.9 Å². The first-order valence-corrected chi connectivity index (χ1v) is 22.3. The number of nitrogens with zero attached hydrogens (tertiary/aromatic N) is 3. The maximum absolute atomic E-state index is 16.1. The molecule has 6 aromatic carbocycles. The van der Waals surface area contributed by atoms with Gasteiger partial charge in [-0.15, -0.1) is 88.0 Å². The molecule has 4 heterocycles. The molecule has 69 heavy (non-hydrogen) atoms. The molecule has 0 N–H and O–H groups in total. The summed E-state index contributed by atoms with van der Waals surface area (Å²) in [5, 5.41) is 0.444. The van der Waals surface area contributed by atoms with Gasteiger partial charge < -0.3 is 19.4 Å². The third kappa shape index (κ3) is 9.36. The normalized spacial score (nSPS) is 17.9. The van der Waals surface area contributed by atoms with Crippen LogP contribution in [0, 0.1) is 24.0 Å². The van der Waals surface area contributed by atoms with E-state index in [2.05, 4.69) is 33.2 Å². The molecule has 4 aromatic heterocycles. The zero-order chi connectivity index (χ0) is 61.4. The summed E-state index contributed by atoms with van der Waals surface area (Å²) in [5.41, 5.74) is 3.04. The molecule has 0 fully saturated rings. The predicted octanol–water partition coefficient (Wildman–Crippen LogP) is 14.3. The number of aryl methyl sites for hydroxylation is 10. The van der Waals surface area contributed by atoms with Crippen LogP contribution in [0.3, 0.4) is 0 Å². The van der Waals surface area contributed by atoms with Gasteiger partial charge in [-0.2, -0.15) is 0 Å². The van der Waals surface area contributed by atoms with E-state index in [1.54, 1.807) is 6.07 Å². The molecule has 0 bridgehead atoms. The predicted molar refractivity (Wildman–Crippen MR) is 271 cm³/mol. The molecule has 12 rings (SSSR count). The van der Waals surface area contributed by atoms with E-state index in [0.717, 1.165) is 80.1 Å². The molecule has 338 valence electrons. The molecule has 4 nitrogen and oxygen atoms in total. The van der Waals surface area contributed by atoms with Crippen LogP contribution < -0.4 is 0 Å². The maximum Gasteiger partial charge on any atom is 3.00 e. The SMILES string of the molecule is [2H]c1cc2c(oc3c(-c4ccc(C([2H])([2H])C([2H])([2H])c5cc(C([2H])([2H])C([2H])([2H])c6ccc(-c7[c-]cc8c(c7)CCC8)nc6)cc(C([2H])([2H])C([2H])([2H])c6ccc(-c7[c-]cc8c(c7)CCC8)nc6)c5)cn4)[c-]ccc32)c(-c2c([2H])c([2H])c([2H])c([2H])c2[2H])c1F.[Ir+3]. The quantitative estimate of drug-likeness (QED) is 0.108. The summed E-state index contributed by atoms with van der Waals surface area (Å²) in [4.78, 5) is 13.5. The Balaban J connectivity index is 0.00000784. The van der Waals surface area contributed by atoms with Crippen LogP contribution in [0.4, 0.5) is 4.39 Å². The second kappa shape index (κ2) is 19.6. The van der Waals surface area contributed by atoms with Gasteiger partial charge >= 0.3 is 20.1 Å². The fourth-order valence-corrected chi connectivity index (χ4v) is 8.95. The average molecular weight is 1090 g/mol. The van der Waals surface area contributed by atoms with E-state index in [9.17, 15) is 16.4 Å². The van der Waals surface area contributed by atoms with Crippen LogP contribution in [0.25, 0.3) is 66.8 Å². The molecular formula is C63H49FIrN3O. The third-order valence-corrected chi connectivity index (χ3v) is 12.4. The van der Waals surface area contributed by atoms with Crippen LogP contribution in [0.1, 0.15) is 93.1 Å². The molecular weight excluding hydrogens is 1030 g/mol. The van der Waals surface area contributed by atoms with Gasteiger partial charge in [-0.25, -0.2) is 4.39 Å². The Kier molecular flexibility index (Phi) is 8.14. The van der Waals surface area contributed by atoms with Gasteiger partial charge in [0, 0.05) is 40.4 Å². The third-order valence-electron chi connectivity index (χ3n) is 12.4. The first-order chi connectivity index (χ1) is 40.6. The minimum atomic E-state index is -3.25. The van der Waals surface area contributed by atoms with E-state index in [-0.39, 0.29) is 64.6 Å². The van der Waals surface area contributed by atoms with Crippen LogP contribution in [0.5, 0.6) is 0 Å². The fourth-order valence-electron chi connectivity index (χ4n) is 8.95. The van der Waals surface area contributed by atoms with Gasteiger partial charge in [0.1, 0.15) is 11.4 Å². The smallest absolute Gasteiger partial charge is 0.500 e. The summed E-state index contributed by atoms with van der Waals surface area (Å²) in [5.74, 6) is -1.21. The fraction of sp³-hybridized carbons (Fsp3) is 0.190. The molecule has 2 aliphatic rings.